The third-order valence-electron chi connectivity index (χ3n) is 3.99. The fourth-order valence-corrected chi connectivity index (χ4v) is 3.22. The van der Waals surface area contributed by atoms with Crippen LogP contribution in [0, 0.1) is 0 Å². The number of likely N-dealkylation sites (tertiary alicyclic amines) is 1. The lowest BCUT2D eigenvalue weighted by Crippen LogP contribution is -2.52. The number of ether oxygens (including phenoxy) is 2. The van der Waals surface area contributed by atoms with Crippen molar-refractivity contribution in [1.82, 2.24) is 4.90 Å². The Bertz CT molecular complexity index is 399. The smallest absolute Gasteiger partial charge is 0.181 e. The quantitative estimate of drug-likeness (QED) is 0.898. The molecule has 0 saturated carbocycles. The summed E-state index contributed by atoms with van der Waals surface area (Å²) in [5.74, 6) is 0.503. The molecule has 0 aliphatic carbocycles. The van der Waals surface area contributed by atoms with Crippen LogP contribution in [0.2, 0.25) is 0 Å². The van der Waals surface area contributed by atoms with Gasteiger partial charge in [0.1, 0.15) is 5.76 Å². The Labute approximate surface area is 113 Å². The van der Waals surface area contributed by atoms with Crippen LogP contribution in [0.15, 0.2) is 22.8 Å². The van der Waals surface area contributed by atoms with Crippen LogP contribution >= 0.6 is 0 Å². The molecule has 106 valence electrons. The van der Waals surface area contributed by atoms with E-state index in [-0.39, 0.29) is 12.1 Å². The van der Waals surface area contributed by atoms with Gasteiger partial charge in [-0.05, 0) is 32.0 Å². The highest BCUT2D eigenvalue weighted by molar-refractivity contribution is 5.08. The van der Waals surface area contributed by atoms with Crippen molar-refractivity contribution < 1.29 is 13.9 Å². The summed E-state index contributed by atoms with van der Waals surface area (Å²) in [6, 6.07) is 3.99. The molecule has 0 amide bonds. The molecule has 19 heavy (non-hydrogen) atoms. The third-order valence-corrected chi connectivity index (χ3v) is 3.99. The summed E-state index contributed by atoms with van der Waals surface area (Å²) in [5, 5.41) is 0. The summed E-state index contributed by atoms with van der Waals surface area (Å²) in [6.07, 6.45) is 3.73. The van der Waals surface area contributed by atoms with Gasteiger partial charge in [0.05, 0.1) is 32.1 Å². The molecule has 0 aromatic carbocycles. The molecule has 1 aromatic heterocycles. The van der Waals surface area contributed by atoms with Crippen LogP contribution in [0.4, 0.5) is 0 Å². The fraction of sp³-hybridized carbons (Fsp3) is 0.714. The van der Waals surface area contributed by atoms with Gasteiger partial charge in [0, 0.05) is 12.5 Å². The minimum atomic E-state index is -0.419. The molecule has 2 aliphatic heterocycles. The van der Waals surface area contributed by atoms with Gasteiger partial charge in [-0.2, -0.15) is 0 Å². The van der Waals surface area contributed by atoms with Crippen molar-refractivity contribution in [2.45, 2.75) is 37.6 Å². The van der Waals surface area contributed by atoms with Crippen molar-refractivity contribution in [2.24, 2.45) is 5.73 Å². The van der Waals surface area contributed by atoms with E-state index in [2.05, 4.69) is 4.90 Å². The number of nitrogens with two attached hydrogens (primary N) is 1. The molecule has 3 rings (SSSR count). The van der Waals surface area contributed by atoms with E-state index < -0.39 is 5.79 Å². The monoisotopic (exact) mass is 266 g/mol. The van der Waals surface area contributed by atoms with Crippen molar-refractivity contribution >= 4 is 0 Å². The second-order valence-electron chi connectivity index (χ2n) is 5.50. The fourth-order valence-electron chi connectivity index (χ4n) is 3.22. The average molecular weight is 266 g/mol. The van der Waals surface area contributed by atoms with Gasteiger partial charge >= 0.3 is 0 Å². The molecular weight excluding hydrogens is 244 g/mol. The maximum atomic E-state index is 6.16. The minimum absolute atomic E-state index is 0.00250. The van der Waals surface area contributed by atoms with Crippen LogP contribution in [0.3, 0.4) is 0 Å². The van der Waals surface area contributed by atoms with Gasteiger partial charge in [0.2, 0.25) is 0 Å². The molecule has 2 atom stereocenters. The van der Waals surface area contributed by atoms with E-state index in [9.17, 15) is 0 Å². The molecule has 2 unspecified atom stereocenters. The summed E-state index contributed by atoms with van der Waals surface area (Å²) < 4.78 is 17.2. The number of rotatable bonds is 3. The second-order valence-corrected chi connectivity index (χ2v) is 5.50. The lowest BCUT2D eigenvalue weighted by molar-refractivity contribution is -0.195. The van der Waals surface area contributed by atoms with E-state index in [1.807, 2.05) is 19.1 Å². The van der Waals surface area contributed by atoms with E-state index in [0.29, 0.717) is 13.2 Å². The number of hydrogen-bond acceptors (Lipinski definition) is 5. The van der Waals surface area contributed by atoms with Crippen LogP contribution in [-0.2, 0) is 9.47 Å². The zero-order valence-corrected chi connectivity index (χ0v) is 11.4. The largest absolute Gasteiger partial charge is 0.468 e. The van der Waals surface area contributed by atoms with Crippen molar-refractivity contribution in [3.8, 4) is 0 Å². The molecule has 5 heteroatoms. The Morgan fingerprint density at radius 1 is 1.37 bits per heavy atom. The normalized spacial score (nSPS) is 26.6. The standard InChI is InChI=1S/C14H22N2O3/c1-11(15)13(12-4-2-7-17-12)16-6-3-5-14(10-16)18-8-9-19-14/h2,4,7,11,13H,3,5-6,8-10,15H2,1H3. The zero-order chi connectivity index (χ0) is 13.3. The molecule has 0 bridgehead atoms. The van der Waals surface area contributed by atoms with Crippen molar-refractivity contribution in [2.75, 3.05) is 26.3 Å². The Morgan fingerprint density at radius 3 is 2.79 bits per heavy atom. The van der Waals surface area contributed by atoms with Gasteiger partial charge in [-0.1, -0.05) is 0 Å². The number of piperidine rings is 1. The van der Waals surface area contributed by atoms with Crippen LogP contribution in [0.25, 0.3) is 0 Å². The van der Waals surface area contributed by atoms with E-state index in [0.717, 1.165) is 31.7 Å². The maximum absolute atomic E-state index is 6.16. The molecular formula is C14H22N2O3. The molecule has 1 aromatic rings. The Hall–Kier alpha value is -0.880. The predicted molar refractivity (Wildman–Crippen MR) is 70.5 cm³/mol. The molecule has 5 nitrogen and oxygen atoms in total. The summed E-state index contributed by atoms with van der Waals surface area (Å²) >= 11 is 0. The molecule has 1 spiro atoms. The van der Waals surface area contributed by atoms with E-state index in [1.54, 1.807) is 6.26 Å². The summed E-state index contributed by atoms with van der Waals surface area (Å²) in [6.45, 7) is 5.17. The van der Waals surface area contributed by atoms with Crippen molar-refractivity contribution in [3.63, 3.8) is 0 Å². The average Bonchev–Trinajstić information content (AvgIpc) is 3.02. The second kappa shape index (κ2) is 5.25. The molecule has 3 heterocycles. The number of hydrogen-bond donors (Lipinski definition) is 1. The van der Waals surface area contributed by atoms with E-state index >= 15 is 0 Å². The first-order valence-corrected chi connectivity index (χ1v) is 7.01. The molecule has 2 aliphatic rings. The highest BCUT2D eigenvalue weighted by atomic mass is 16.7. The third kappa shape index (κ3) is 2.56. The van der Waals surface area contributed by atoms with Gasteiger partial charge in [-0.15, -0.1) is 0 Å². The predicted octanol–water partition coefficient (Wildman–Crippen LogP) is 1.51. The molecule has 2 N–H and O–H groups in total. The zero-order valence-electron chi connectivity index (χ0n) is 11.4. The molecule has 0 radical (unpaired) electrons. The minimum Gasteiger partial charge on any atom is -0.468 e. The first-order valence-electron chi connectivity index (χ1n) is 7.01. The Morgan fingerprint density at radius 2 is 2.16 bits per heavy atom. The Kier molecular flexibility index (Phi) is 3.62. The van der Waals surface area contributed by atoms with Gasteiger partial charge in [0.15, 0.2) is 5.79 Å². The topological polar surface area (TPSA) is 60.9 Å². The number of furan rings is 1. The number of nitrogens with zero attached hydrogens (tertiary/aromatic N) is 1. The van der Waals surface area contributed by atoms with Crippen LogP contribution in [0.5, 0.6) is 0 Å². The lowest BCUT2D eigenvalue weighted by Gasteiger charge is -2.42. The van der Waals surface area contributed by atoms with Crippen LogP contribution in [0.1, 0.15) is 31.6 Å². The maximum Gasteiger partial charge on any atom is 0.181 e. The lowest BCUT2D eigenvalue weighted by atomic mass is 9.98. The van der Waals surface area contributed by atoms with Crippen molar-refractivity contribution in [3.05, 3.63) is 24.2 Å². The van der Waals surface area contributed by atoms with Gasteiger partial charge in [0.25, 0.3) is 0 Å². The highest BCUT2D eigenvalue weighted by Crippen LogP contribution is 2.35. The highest BCUT2D eigenvalue weighted by Gasteiger charge is 2.43. The summed E-state index contributed by atoms with van der Waals surface area (Å²) in [5.41, 5.74) is 6.16. The van der Waals surface area contributed by atoms with Gasteiger partial charge in [-0.25, -0.2) is 0 Å². The van der Waals surface area contributed by atoms with Crippen LogP contribution in [-0.4, -0.2) is 43.0 Å². The Balaban J connectivity index is 1.79. The SMILES string of the molecule is CC(N)C(c1ccco1)N1CCCC2(C1)OCCO2. The van der Waals surface area contributed by atoms with E-state index in [4.69, 9.17) is 19.6 Å². The molecule has 2 saturated heterocycles. The first-order chi connectivity index (χ1) is 9.20. The molecule has 2 fully saturated rings. The van der Waals surface area contributed by atoms with Crippen LogP contribution < -0.4 is 5.73 Å². The summed E-state index contributed by atoms with van der Waals surface area (Å²) in [7, 11) is 0. The first kappa shape index (κ1) is 13.1. The van der Waals surface area contributed by atoms with Gasteiger partial charge in [-0.3, -0.25) is 4.90 Å². The van der Waals surface area contributed by atoms with Gasteiger partial charge < -0.3 is 19.6 Å². The summed E-state index contributed by atoms with van der Waals surface area (Å²) in [4.78, 5) is 2.33. The van der Waals surface area contributed by atoms with E-state index in [1.165, 1.54) is 0 Å². The van der Waals surface area contributed by atoms with Crippen molar-refractivity contribution in [1.29, 1.82) is 0 Å².